The van der Waals surface area contributed by atoms with Crippen molar-refractivity contribution < 1.29 is 23.9 Å². The first-order chi connectivity index (χ1) is 15.1. The van der Waals surface area contributed by atoms with Crippen LogP contribution in [-0.4, -0.2) is 30.9 Å². The Morgan fingerprint density at radius 1 is 0.774 bits per heavy atom. The van der Waals surface area contributed by atoms with E-state index in [1.807, 2.05) is 36.4 Å². The maximum atomic E-state index is 12.7. The molecule has 0 spiro atoms. The summed E-state index contributed by atoms with van der Waals surface area (Å²) >= 11 is 0. The van der Waals surface area contributed by atoms with Crippen molar-refractivity contribution in [2.75, 3.05) is 18.5 Å². The standard InChI is InChI=1S/C25H23NO5/c27-23(18-31-24(28)16-9-17-30-20-12-5-2-6-13-20)26-22-15-8-7-14-21(22)25(29)19-10-3-1-4-11-19/h1-8,10-15H,9,16-18H2,(H,26,27). The number of rotatable bonds is 10. The van der Waals surface area contributed by atoms with E-state index in [4.69, 9.17) is 9.47 Å². The number of amides is 1. The molecule has 6 nitrogen and oxygen atoms in total. The fourth-order valence-electron chi connectivity index (χ4n) is 2.86. The van der Waals surface area contributed by atoms with Crippen molar-refractivity contribution in [2.24, 2.45) is 0 Å². The summed E-state index contributed by atoms with van der Waals surface area (Å²) in [6, 6.07) is 24.8. The van der Waals surface area contributed by atoms with Crippen LogP contribution >= 0.6 is 0 Å². The first-order valence-corrected chi connectivity index (χ1v) is 9.95. The quantitative estimate of drug-likeness (QED) is 0.303. The van der Waals surface area contributed by atoms with Crippen LogP contribution in [0.25, 0.3) is 0 Å². The summed E-state index contributed by atoms with van der Waals surface area (Å²) in [6.45, 7) is -0.0491. The topological polar surface area (TPSA) is 81.7 Å². The molecular weight excluding hydrogens is 394 g/mol. The minimum Gasteiger partial charge on any atom is -0.494 e. The third-order valence-corrected chi connectivity index (χ3v) is 4.38. The van der Waals surface area contributed by atoms with Gasteiger partial charge < -0.3 is 14.8 Å². The van der Waals surface area contributed by atoms with E-state index in [0.717, 1.165) is 5.75 Å². The molecule has 0 aliphatic heterocycles. The van der Waals surface area contributed by atoms with Crippen LogP contribution in [0.2, 0.25) is 0 Å². The van der Waals surface area contributed by atoms with Crippen LogP contribution in [0, 0.1) is 0 Å². The number of benzene rings is 3. The molecule has 3 aromatic carbocycles. The molecule has 0 aliphatic carbocycles. The number of carbonyl (C=O) groups is 3. The Kier molecular flexibility index (Phi) is 7.94. The van der Waals surface area contributed by atoms with Crippen molar-refractivity contribution in [3.05, 3.63) is 96.1 Å². The van der Waals surface area contributed by atoms with Gasteiger partial charge in [0, 0.05) is 17.5 Å². The van der Waals surface area contributed by atoms with E-state index >= 15 is 0 Å². The van der Waals surface area contributed by atoms with Crippen molar-refractivity contribution in [3.8, 4) is 5.75 Å². The van der Waals surface area contributed by atoms with Gasteiger partial charge in [-0.25, -0.2) is 0 Å². The van der Waals surface area contributed by atoms with Gasteiger partial charge in [0.05, 0.1) is 12.3 Å². The van der Waals surface area contributed by atoms with Crippen molar-refractivity contribution in [1.29, 1.82) is 0 Å². The fraction of sp³-hybridized carbons (Fsp3) is 0.160. The first kappa shape index (κ1) is 21.8. The third kappa shape index (κ3) is 6.82. The number of hydrogen-bond acceptors (Lipinski definition) is 5. The number of hydrogen-bond donors (Lipinski definition) is 1. The Bertz CT molecular complexity index is 1020. The Morgan fingerprint density at radius 3 is 2.16 bits per heavy atom. The highest BCUT2D eigenvalue weighted by Gasteiger charge is 2.15. The number of ketones is 1. The number of ether oxygens (including phenoxy) is 2. The van der Waals surface area contributed by atoms with Crippen molar-refractivity contribution in [1.82, 2.24) is 0 Å². The predicted molar refractivity (Wildman–Crippen MR) is 117 cm³/mol. The lowest BCUT2D eigenvalue weighted by atomic mass is 10.0. The van der Waals surface area contributed by atoms with Crippen LogP contribution in [-0.2, 0) is 14.3 Å². The van der Waals surface area contributed by atoms with Gasteiger partial charge in [-0.2, -0.15) is 0 Å². The minimum atomic E-state index is -0.512. The smallest absolute Gasteiger partial charge is 0.306 e. The summed E-state index contributed by atoms with van der Waals surface area (Å²) in [5, 5.41) is 2.64. The number of anilines is 1. The summed E-state index contributed by atoms with van der Waals surface area (Å²) in [6.07, 6.45) is 0.618. The van der Waals surface area contributed by atoms with E-state index in [-0.39, 0.29) is 12.2 Å². The van der Waals surface area contributed by atoms with Gasteiger partial charge in [0.15, 0.2) is 12.4 Å². The highest BCUT2D eigenvalue weighted by Crippen LogP contribution is 2.19. The largest absolute Gasteiger partial charge is 0.494 e. The normalized spacial score (nSPS) is 10.2. The van der Waals surface area contributed by atoms with Crippen LogP contribution in [0.3, 0.4) is 0 Å². The van der Waals surface area contributed by atoms with Crippen LogP contribution in [0.15, 0.2) is 84.9 Å². The molecular formula is C25H23NO5. The second-order valence-electron chi connectivity index (χ2n) is 6.71. The molecule has 1 amide bonds. The molecule has 0 aliphatic rings. The molecule has 0 bridgehead atoms. The third-order valence-electron chi connectivity index (χ3n) is 4.38. The van der Waals surface area contributed by atoms with Crippen LogP contribution < -0.4 is 10.1 Å². The van der Waals surface area contributed by atoms with Crippen LogP contribution in [0.4, 0.5) is 5.69 Å². The van der Waals surface area contributed by atoms with Gasteiger partial charge in [-0.15, -0.1) is 0 Å². The molecule has 0 fully saturated rings. The summed E-state index contributed by atoms with van der Waals surface area (Å²) in [4.78, 5) is 36.8. The molecule has 3 rings (SSSR count). The summed E-state index contributed by atoms with van der Waals surface area (Å²) < 4.78 is 10.5. The molecule has 0 radical (unpaired) electrons. The van der Waals surface area contributed by atoms with E-state index in [9.17, 15) is 14.4 Å². The summed E-state index contributed by atoms with van der Waals surface area (Å²) in [5.41, 5.74) is 1.26. The van der Waals surface area contributed by atoms with E-state index in [0.29, 0.717) is 29.8 Å². The van der Waals surface area contributed by atoms with Crippen LogP contribution in [0.5, 0.6) is 5.75 Å². The van der Waals surface area contributed by atoms with Gasteiger partial charge >= 0.3 is 5.97 Å². The summed E-state index contributed by atoms with van der Waals surface area (Å²) in [7, 11) is 0. The average molecular weight is 417 g/mol. The molecule has 158 valence electrons. The van der Waals surface area contributed by atoms with E-state index in [1.54, 1.807) is 48.5 Å². The summed E-state index contributed by atoms with van der Waals surface area (Å²) in [5.74, 6) is -0.464. The lowest BCUT2D eigenvalue weighted by Crippen LogP contribution is -2.22. The molecule has 0 saturated heterocycles. The van der Waals surface area contributed by atoms with Gasteiger partial charge in [0.2, 0.25) is 0 Å². The van der Waals surface area contributed by atoms with E-state index in [2.05, 4.69) is 5.32 Å². The van der Waals surface area contributed by atoms with Crippen molar-refractivity contribution in [3.63, 3.8) is 0 Å². The van der Waals surface area contributed by atoms with Gasteiger partial charge in [0.1, 0.15) is 5.75 Å². The Morgan fingerprint density at radius 2 is 1.42 bits per heavy atom. The Hall–Kier alpha value is -3.93. The molecule has 0 heterocycles. The zero-order valence-corrected chi connectivity index (χ0v) is 17.0. The highest BCUT2D eigenvalue weighted by molar-refractivity contribution is 6.13. The van der Waals surface area contributed by atoms with Gasteiger partial charge in [-0.05, 0) is 30.7 Å². The zero-order valence-electron chi connectivity index (χ0n) is 17.0. The molecule has 3 aromatic rings. The Balaban J connectivity index is 1.44. The molecule has 0 saturated carbocycles. The maximum absolute atomic E-state index is 12.7. The first-order valence-electron chi connectivity index (χ1n) is 9.95. The maximum Gasteiger partial charge on any atom is 0.306 e. The average Bonchev–Trinajstić information content (AvgIpc) is 2.82. The van der Waals surface area contributed by atoms with E-state index in [1.165, 1.54) is 0 Å². The number of esters is 1. The van der Waals surface area contributed by atoms with E-state index < -0.39 is 18.5 Å². The lowest BCUT2D eigenvalue weighted by molar-refractivity contribution is -0.147. The molecule has 0 unspecified atom stereocenters. The highest BCUT2D eigenvalue weighted by atomic mass is 16.5. The lowest BCUT2D eigenvalue weighted by Gasteiger charge is -2.11. The van der Waals surface area contributed by atoms with Crippen molar-refractivity contribution in [2.45, 2.75) is 12.8 Å². The van der Waals surface area contributed by atoms with Crippen molar-refractivity contribution >= 4 is 23.3 Å². The molecule has 31 heavy (non-hydrogen) atoms. The number of para-hydroxylation sites is 2. The molecule has 0 atom stereocenters. The second kappa shape index (κ2) is 11.3. The second-order valence-corrected chi connectivity index (χ2v) is 6.71. The SMILES string of the molecule is O=C(COC(=O)CCCOc1ccccc1)Nc1ccccc1C(=O)c1ccccc1. The fourth-order valence-corrected chi connectivity index (χ4v) is 2.86. The van der Waals surface area contributed by atoms with Gasteiger partial charge in [-0.1, -0.05) is 60.7 Å². The van der Waals surface area contributed by atoms with Gasteiger partial charge in [-0.3, -0.25) is 14.4 Å². The minimum absolute atomic E-state index is 0.142. The van der Waals surface area contributed by atoms with Crippen LogP contribution in [0.1, 0.15) is 28.8 Å². The van der Waals surface area contributed by atoms with Gasteiger partial charge in [0.25, 0.3) is 5.91 Å². The zero-order chi connectivity index (χ0) is 21.9. The number of nitrogens with one attached hydrogen (secondary N) is 1. The number of carbonyl (C=O) groups excluding carboxylic acids is 3. The predicted octanol–water partition coefficient (Wildman–Crippen LogP) is 4.26. The Labute approximate surface area is 180 Å². The molecule has 1 N–H and O–H groups in total. The molecule has 6 heteroatoms. The monoisotopic (exact) mass is 417 g/mol. The molecule has 0 aromatic heterocycles.